The van der Waals surface area contributed by atoms with Gasteiger partial charge in [0, 0.05) is 0 Å². The highest BCUT2D eigenvalue weighted by Crippen LogP contribution is 2.45. The summed E-state index contributed by atoms with van der Waals surface area (Å²) < 4.78 is 0. The lowest BCUT2D eigenvalue weighted by Gasteiger charge is -2.43. The topological polar surface area (TPSA) is 44.0 Å². The molecule has 1 aliphatic carbocycles. The van der Waals surface area contributed by atoms with E-state index in [-0.39, 0.29) is 11.3 Å². The minimum atomic E-state index is -0.730. The molecular weight excluding hydrogens is 186 g/mol. The third kappa shape index (κ3) is 2.95. The van der Waals surface area contributed by atoms with Crippen molar-refractivity contribution in [2.45, 2.75) is 64.9 Å². The lowest BCUT2D eigenvalue weighted by molar-refractivity contribution is -0.0695. The molecule has 2 heteroatoms. The molecule has 1 aliphatic rings. The molecule has 0 saturated heterocycles. The first-order chi connectivity index (χ1) is 6.93. The second kappa shape index (κ2) is 4.53. The van der Waals surface area contributed by atoms with Crippen LogP contribution in [-0.2, 0) is 0 Å². The van der Waals surface area contributed by atoms with Gasteiger partial charge in [-0.25, -0.2) is 0 Å². The predicted molar refractivity (Wildman–Crippen MR) is 61.2 cm³/mol. The van der Waals surface area contributed by atoms with E-state index >= 15 is 0 Å². The number of nitrogens with zero attached hydrogens (tertiary/aromatic N) is 1. The van der Waals surface area contributed by atoms with Crippen LogP contribution in [0, 0.1) is 22.7 Å². The molecule has 0 aromatic rings. The standard InChI is InChI=1S/C13H23NO/c1-4-6-11(9-14)13(15)8-5-7-12(2,3)10-13/h11,15H,4-8,10H2,1-3H3. The molecule has 0 amide bonds. The summed E-state index contributed by atoms with van der Waals surface area (Å²) in [5.74, 6) is -0.179. The van der Waals surface area contributed by atoms with Crippen LogP contribution in [0.15, 0.2) is 0 Å². The summed E-state index contributed by atoms with van der Waals surface area (Å²) in [5, 5.41) is 19.7. The zero-order chi connectivity index (χ0) is 11.5. The van der Waals surface area contributed by atoms with Crippen molar-refractivity contribution in [3.05, 3.63) is 0 Å². The molecule has 2 nitrogen and oxygen atoms in total. The number of aliphatic hydroxyl groups is 1. The van der Waals surface area contributed by atoms with E-state index in [2.05, 4.69) is 26.8 Å². The summed E-state index contributed by atoms with van der Waals surface area (Å²) in [6, 6.07) is 2.30. The van der Waals surface area contributed by atoms with Crippen molar-refractivity contribution >= 4 is 0 Å². The van der Waals surface area contributed by atoms with Gasteiger partial charge in [-0.15, -0.1) is 0 Å². The van der Waals surface area contributed by atoms with Gasteiger partial charge in [-0.1, -0.05) is 33.6 Å². The average molecular weight is 209 g/mol. The van der Waals surface area contributed by atoms with Crippen LogP contribution >= 0.6 is 0 Å². The highest BCUT2D eigenvalue weighted by molar-refractivity contribution is 5.02. The van der Waals surface area contributed by atoms with Crippen LogP contribution in [0.25, 0.3) is 0 Å². The maximum atomic E-state index is 10.6. The van der Waals surface area contributed by atoms with Crippen molar-refractivity contribution in [3.8, 4) is 6.07 Å². The van der Waals surface area contributed by atoms with E-state index in [4.69, 9.17) is 5.26 Å². The van der Waals surface area contributed by atoms with Gasteiger partial charge in [-0.3, -0.25) is 0 Å². The highest BCUT2D eigenvalue weighted by atomic mass is 16.3. The highest BCUT2D eigenvalue weighted by Gasteiger charge is 2.43. The van der Waals surface area contributed by atoms with Crippen LogP contribution in [0.1, 0.15) is 59.3 Å². The Bertz CT molecular complexity index is 254. The van der Waals surface area contributed by atoms with Crippen LogP contribution < -0.4 is 0 Å². The fraction of sp³-hybridized carbons (Fsp3) is 0.923. The Labute approximate surface area is 93.3 Å². The molecule has 2 unspecified atom stereocenters. The fourth-order valence-electron chi connectivity index (χ4n) is 2.92. The molecule has 2 atom stereocenters. The van der Waals surface area contributed by atoms with E-state index in [9.17, 15) is 5.11 Å². The van der Waals surface area contributed by atoms with Gasteiger partial charge in [0.05, 0.1) is 17.6 Å². The van der Waals surface area contributed by atoms with Crippen LogP contribution in [0.5, 0.6) is 0 Å². The number of rotatable bonds is 3. The van der Waals surface area contributed by atoms with Gasteiger partial charge in [-0.2, -0.15) is 5.26 Å². The van der Waals surface area contributed by atoms with Crippen molar-refractivity contribution in [3.63, 3.8) is 0 Å². The van der Waals surface area contributed by atoms with Gasteiger partial charge < -0.3 is 5.11 Å². The monoisotopic (exact) mass is 209 g/mol. The van der Waals surface area contributed by atoms with E-state index in [0.29, 0.717) is 0 Å². The van der Waals surface area contributed by atoms with Gasteiger partial charge in [0.15, 0.2) is 0 Å². The number of nitriles is 1. The molecule has 0 heterocycles. The lowest BCUT2D eigenvalue weighted by Crippen LogP contribution is -2.44. The Hall–Kier alpha value is -0.550. The summed E-state index contributed by atoms with van der Waals surface area (Å²) in [4.78, 5) is 0. The molecule has 0 aromatic heterocycles. The van der Waals surface area contributed by atoms with Crippen molar-refractivity contribution in [2.24, 2.45) is 11.3 Å². The summed E-state index contributed by atoms with van der Waals surface area (Å²) in [6.45, 7) is 6.46. The summed E-state index contributed by atoms with van der Waals surface area (Å²) >= 11 is 0. The minimum Gasteiger partial charge on any atom is -0.389 e. The fourth-order valence-corrected chi connectivity index (χ4v) is 2.92. The first-order valence-electron chi connectivity index (χ1n) is 6.05. The second-order valence-electron chi connectivity index (χ2n) is 5.77. The first kappa shape index (κ1) is 12.5. The predicted octanol–water partition coefficient (Wildman–Crippen LogP) is 3.26. The van der Waals surface area contributed by atoms with Crippen LogP contribution in [0.4, 0.5) is 0 Å². The van der Waals surface area contributed by atoms with E-state index in [1.54, 1.807) is 0 Å². The number of hydrogen-bond acceptors (Lipinski definition) is 2. The average Bonchev–Trinajstić information content (AvgIpc) is 2.11. The molecular formula is C13H23NO. The molecule has 1 fully saturated rings. The minimum absolute atomic E-state index is 0.179. The Morgan fingerprint density at radius 2 is 2.07 bits per heavy atom. The molecule has 0 bridgehead atoms. The SMILES string of the molecule is CCCC(C#N)C1(O)CCCC(C)(C)C1. The Balaban J connectivity index is 2.76. The smallest absolute Gasteiger partial charge is 0.0810 e. The molecule has 0 radical (unpaired) electrons. The van der Waals surface area contributed by atoms with Gasteiger partial charge in [0.2, 0.25) is 0 Å². The largest absolute Gasteiger partial charge is 0.389 e. The lowest BCUT2D eigenvalue weighted by atomic mass is 9.65. The second-order valence-corrected chi connectivity index (χ2v) is 5.77. The summed E-state index contributed by atoms with van der Waals surface area (Å²) in [6.07, 6.45) is 5.59. The van der Waals surface area contributed by atoms with Crippen LogP contribution in [0.2, 0.25) is 0 Å². The molecule has 15 heavy (non-hydrogen) atoms. The normalized spacial score (nSPS) is 31.9. The van der Waals surface area contributed by atoms with E-state index in [1.165, 1.54) is 6.42 Å². The van der Waals surface area contributed by atoms with Gasteiger partial charge in [0.1, 0.15) is 0 Å². The quantitative estimate of drug-likeness (QED) is 0.775. The third-order valence-electron chi connectivity index (χ3n) is 3.63. The van der Waals surface area contributed by atoms with Gasteiger partial charge >= 0.3 is 0 Å². The maximum Gasteiger partial charge on any atom is 0.0810 e. The van der Waals surface area contributed by atoms with Crippen molar-refractivity contribution in [2.75, 3.05) is 0 Å². The van der Waals surface area contributed by atoms with Crippen LogP contribution in [-0.4, -0.2) is 10.7 Å². The zero-order valence-electron chi connectivity index (χ0n) is 10.2. The molecule has 0 aliphatic heterocycles. The van der Waals surface area contributed by atoms with Crippen molar-refractivity contribution < 1.29 is 5.11 Å². The molecule has 1 N–H and O–H groups in total. The molecule has 1 rings (SSSR count). The Morgan fingerprint density at radius 3 is 2.53 bits per heavy atom. The Morgan fingerprint density at radius 1 is 1.40 bits per heavy atom. The number of hydrogen-bond donors (Lipinski definition) is 1. The van der Waals surface area contributed by atoms with Gasteiger partial charge in [-0.05, 0) is 31.1 Å². The summed E-state index contributed by atoms with van der Waals surface area (Å²) in [7, 11) is 0. The maximum absolute atomic E-state index is 10.6. The molecule has 86 valence electrons. The molecule has 1 saturated carbocycles. The summed E-state index contributed by atoms with van der Waals surface area (Å²) in [5.41, 5.74) is -0.539. The van der Waals surface area contributed by atoms with E-state index in [1.807, 2.05) is 0 Å². The van der Waals surface area contributed by atoms with E-state index in [0.717, 1.165) is 32.1 Å². The first-order valence-corrected chi connectivity index (χ1v) is 6.05. The Kier molecular flexibility index (Phi) is 3.78. The third-order valence-corrected chi connectivity index (χ3v) is 3.63. The van der Waals surface area contributed by atoms with Crippen LogP contribution in [0.3, 0.4) is 0 Å². The van der Waals surface area contributed by atoms with Crippen molar-refractivity contribution in [1.29, 1.82) is 5.26 Å². The van der Waals surface area contributed by atoms with Gasteiger partial charge in [0.25, 0.3) is 0 Å². The zero-order valence-corrected chi connectivity index (χ0v) is 10.2. The molecule has 0 spiro atoms. The molecule has 0 aromatic carbocycles. The van der Waals surface area contributed by atoms with Crippen molar-refractivity contribution in [1.82, 2.24) is 0 Å². The van der Waals surface area contributed by atoms with E-state index < -0.39 is 5.60 Å².